The first-order valence-electron chi connectivity index (χ1n) is 5.36. The zero-order chi connectivity index (χ0) is 13.1. The molecule has 1 aromatic heterocycles. The van der Waals surface area contributed by atoms with Gasteiger partial charge in [0.2, 0.25) is 0 Å². The van der Waals surface area contributed by atoms with Gasteiger partial charge in [-0.3, -0.25) is 4.79 Å². The molecule has 0 radical (unpaired) electrons. The van der Waals surface area contributed by atoms with E-state index in [1.54, 1.807) is 19.1 Å². The summed E-state index contributed by atoms with van der Waals surface area (Å²) >= 11 is 2.20. The number of pyridine rings is 1. The monoisotopic (exact) mass is 353 g/mol. The van der Waals surface area contributed by atoms with Gasteiger partial charge < -0.3 is 11.1 Å². The standard InChI is InChI=1S/C13H12IN3O/c1-8-5-9(6-12(15)16-8)13(18)17-11-4-2-3-10(14)7-11/h2-7H,1H3,(H2,15,16)(H,17,18). The van der Waals surface area contributed by atoms with Crippen LogP contribution in [0, 0.1) is 10.5 Å². The zero-order valence-electron chi connectivity index (χ0n) is 9.77. The van der Waals surface area contributed by atoms with Gasteiger partial charge in [0.05, 0.1) is 0 Å². The molecule has 1 aromatic carbocycles. The van der Waals surface area contributed by atoms with Gasteiger partial charge in [-0.2, -0.15) is 0 Å². The van der Waals surface area contributed by atoms with Crippen molar-refractivity contribution in [2.45, 2.75) is 6.92 Å². The number of aryl methyl sites for hydroxylation is 1. The van der Waals surface area contributed by atoms with Crippen LogP contribution in [-0.2, 0) is 0 Å². The molecule has 2 aromatic rings. The van der Waals surface area contributed by atoms with Crippen molar-refractivity contribution in [1.29, 1.82) is 0 Å². The van der Waals surface area contributed by atoms with E-state index in [4.69, 9.17) is 5.73 Å². The second kappa shape index (κ2) is 5.34. The number of nitrogens with zero attached hydrogens (tertiary/aromatic N) is 1. The van der Waals surface area contributed by atoms with Gasteiger partial charge >= 0.3 is 0 Å². The molecule has 0 spiro atoms. The number of nitrogen functional groups attached to an aromatic ring is 1. The van der Waals surface area contributed by atoms with E-state index in [2.05, 4.69) is 32.9 Å². The van der Waals surface area contributed by atoms with Gasteiger partial charge in [0, 0.05) is 20.5 Å². The molecule has 0 unspecified atom stereocenters. The Morgan fingerprint density at radius 1 is 1.33 bits per heavy atom. The molecule has 1 amide bonds. The molecule has 0 aliphatic heterocycles. The largest absolute Gasteiger partial charge is 0.384 e. The number of hydrogen-bond donors (Lipinski definition) is 2. The number of amides is 1. The minimum absolute atomic E-state index is 0.186. The molecule has 0 saturated carbocycles. The summed E-state index contributed by atoms with van der Waals surface area (Å²) in [6.07, 6.45) is 0. The van der Waals surface area contributed by atoms with E-state index < -0.39 is 0 Å². The minimum atomic E-state index is -0.186. The summed E-state index contributed by atoms with van der Waals surface area (Å²) in [6, 6.07) is 10.9. The molecule has 3 N–H and O–H groups in total. The zero-order valence-corrected chi connectivity index (χ0v) is 11.9. The topological polar surface area (TPSA) is 68.0 Å². The first-order valence-corrected chi connectivity index (χ1v) is 6.43. The maximum atomic E-state index is 12.0. The van der Waals surface area contributed by atoms with Crippen molar-refractivity contribution in [3.8, 4) is 0 Å². The van der Waals surface area contributed by atoms with Crippen molar-refractivity contribution < 1.29 is 4.79 Å². The number of benzene rings is 1. The Balaban J connectivity index is 2.22. The molecule has 0 aliphatic carbocycles. The van der Waals surface area contributed by atoms with Crippen LogP contribution in [0.1, 0.15) is 16.1 Å². The third kappa shape index (κ3) is 3.19. The minimum Gasteiger partial charge on any atom is -0.384 e. The SMILES string of the molecule is Cc1cc(C(=O)Nc2cccc(I)c2)cc(N)n1. The van der Waals surface area contributed by atoms with Crippen LogP contribution < -0.4 is 11.1 Å². The lowest BCUT2D eigenvalue weighted by atomic mass is 10.2. The molecule has 1 heterocycles. The van der Waals surface area contributed by atoms with E-state index in [9.17, 15) is 4.79 Å². The normalized spacial score (nSPS) is 10.1. The highest BCUT2D eigenvalue weighted by molar-refractivity contribution is 14.1. The molecular formula is C13H12IN3O. The highest BCUT2D eigenvalue weighted by atomic mass is 127. The van der Waals surface area contributed by atoms with E-state index >= 15 is 0 Å². The van der Waals surface area contributed by atoms with Crippen molar-refractivity contribution >= 4 is 40.0 Å². The van der Waals surface area contributed by atoms with Crippen molar-refractivity contribution in [2.24, 2.45) is 0 Å². The molecule has 0 bridgehead atoms. The van der Waals surface area contributed by atoms with Gasteiger partial charge in [-0.1, -0.05) is 6.07 Å². The molecule has 0 saturated heterocycles. The number of aromatic nitrogens is 1. The molecule has 5 heteroatoms. The number of carbonyl (C=O) groups excluding carboxylic acids is 1. The Hall–Kier alpha value is -1.63. The van der Waals surface area contributed by atoms with Crippen LogP contribution in [0.25, 0.3) is 0 Å². The fourth-order valence-corrected chi connectivity index (χ4v) is 2.14. The van der Waals surface area contributed by atoms with Crippen molar-refractivity contribution in [3.63, 3.8) is 0 Å². The first-order chi connectivity index (χ1) is 8.54. The van der Waals surface area contributed by atoms with Gasteiger partial charge in [-0.25, -0.2) is 4.98 Å². The van der Waals surface area contributed by atoms with E-state index in [1.165, 1.54) is 0 Å². The van der Waals surface area contributed by atoms with Crippen molar-refractivity contribution in [3.05, 3.63) is 51.2 Å². The first kappa shape index (κ1) is 12.8. The Morgan fingerprint density at radius 2 is 2.11 bits per heavy atom. The number of anilines is 2. The van der Waals surface area contributed by atoms with Crippen LogP contribution in [0.15, 0.2) is 36.4 Å². The molecule has 2 rings (SSSR count). The van der Waals surface area contributed by atoms with E-state index in [0.29, 0.717) is 11.4 Å². The summed E-state index contributed by atoms with van der Waals surface area (Å²) in [5.74, 6) is 0.164. The number of rotatable bonds is 2. The van der Waals surface area contributed by atoms with Crippen LogP contribution >= 0.6 is 22.6 Å². The van der Waals surface area contributed by atoms with E-state index in [1.807, 2.05) is 24.3 Å². The van der Waals surface area contributed by atoms with Crippen molar-refractivity contribution in [1.82, 2.24) is 4.98 Å². The molecule has 4 nitrogen and oxygen atoms in total. The Labute approximate surface area is 119 Å². The summed E-state index contributed by atoms with van der Waals surface area (Å²) in [5.41, 5.74) is 7.62. The fraction of sp³-hybridized carbons (Fsp3) is 0.0769. The second-order valence-electron chi connectivity index (χ2n) is 3.89. The van der Waals surface area contributed by atoms with Gasteiger partial charge in [0.15, 0.2) is 0 Å². The molecule has 0 fully saturated rings. The molecule has 18 heavy (non-hydrogen) atoms. The number of nitrogens with two attached hydrogens (primary N) is 1. The molecule has 92 valence electrons. The number of nitrogens with one attached hydrogen (secondary N) is 1. The average Bonchev–Trinajstić information content (AvgIpc) is 2.27. The second-order valence-corrected chi connectivity index (χ2v) is 5.13. The lowest BCUT2D eigenvalue weighted by Gasteiger charge is -2.07. The molecule has 0 atom stereocenters. The maximum Gasteiger partial charge on any atom is 0.255 e. The van der Waals surface area contributed by atoms with E-state index in [0.717, 1.165) is 15.0 Å². The predicted molar refractivity (Wildman–Crippen MR) is 80.5 cm³/mol. The smallest absolute Gasteiger partial charge is 0.255 e. The van der Waals surface area contributed by atoms with Crippen LogP contribution in [0.5, 0.6) is 0 Å². The van der Waals surface area contributed by atoms with Crippen LogP contribution in [0.3, 0.4) is 0 Å². The Kier molecular flexibility index (Phi) is 3.81. The van der Waals surface area contributed by atoms with Crippen LogP contribution in [0.4, 0.5) is 11.5 Å². The van der Waals surface area contributed by atoms with Crippen LogP contribution in [-0.4, -0.2) is 10.9 Å². The Bertz CT molecular complexity index is 578. The lowest BCUT2D eigenvalue weighted by molar-refractivity contribution is 0.102. The third-order valence-corrected chi connectivity index (χ3v) is 2.99. The summed E-state index contributed by atoms with van der Waals surface area (Å²) < 4.78 is 1.07. The summed E-state index contributed by atoms with van der Waals surface area (Å²) in [4.78, 5) is 16.1. The quantitative estimate of drug-likeness (QED) is 0.816. The van der Waals surface area contributed by atoms with Gasteiger partial charge in [0.1, 0.15) is 5.82 Å². The summed E-state index contributed by atoms with van der Waals surface area (Å²) in [7, 11) is 0. The van der Waals surface area contributed by atoms with Gasteiger partial charge in [-0.05, 0) is 59.8 Å². The van der Waals surface area contributed by atoms with Gasteiger partial charge in [0.25, 0.3) is 5.91 Å². The van der Waals surface area contributed by atoms with Crippen LogP contribution in [0.2, 0.25) is 0 Å². The highest BCUT2D eigenvalue weighted by Gasteiger charge is 2.08. The Morgan fingerprint density at radius 3 is 2.78 bits per heavy atom. The molecular weight excluding hydrogens is 341 g/mol. The highest BCUT2D eigenvalue weighted by Crippen LogP contribution is 2.14. The third-order valence-electron chi connectivity index (χ3n) is 2.32. The fourth-order valence-electron chi connectivity index (χ4n) is 1.59. The summed E-state index contributed by atoms with van der Waals surface area (Å²) in [6.45, 7) is 1.80. The predicted octanol–water partition coefficient (Wildman–Crippen LogP) is 2.83. The number of hydrogen-bond acceptors (Lipinski definition) is 3. The van der Waals surface area contributed by atoms with E-state index in [-0.39, 0.29) is 5.91 Å². The number of halogens is 1. The lowest BCUT2D eigenvalue weighted by Crippen LogP contribution is -2.13. The maximum absolute atomic E-state index is 12.0. The summed E-state index contributed by atoms with van der Waals surface area (Å²) in [5, 5.41) is 2.83. The average molecular weight is 353 g/mol. The number of carbonyl (C=O) groups is 1. The molecule has 0 aliphatic rings. The van der Waals surface area contributed by atoms with Crippen molar-refractivity contribution in [2.75, 3.05) is 11.1 Å². The van der Waals surface area contributed by atoms with Gasteiger partial charge in [-0.15, -0.1) is 0 Å².